The average Bonchev–Trinajstić information content (AvgIpc) is 2.48. The summed E-state index contributed by atoms with van der Waals surface area (Å²) in [5.74, 6) is 1.01. The van der Waals surface area contributed by atoms with Crippen LogP contribution in [0.1, 0.15) is 18.1 Å². The minimum absolute atomic E-state index is 0.397. The molecule has 0 saturated heterocycles. The molecule has 2 aromatic carbocycles. The van der Waals surface area contributed by atoms with Crippen LogP contribution in [0.5, 0.6) is 11.5 Å². The molecule has 0 saturated carbocycles. The Morgan fingerprint density at radius 1 is 1.19 bits per heavy atom. The van der Waals surface area contributed by atoms with E-state index in [2.05, 4.69) is 5.16 Å². The van der Waals surface area contributed by atoms with E-state index in [1.54, 1.807) is 12.1 Å². The number of benzene rings is 2. The van der Waals surface area contributed by atoms with Crippen molar-refractivity contribution < 1.29 is 14.7 Å². The van der Waals surface area contributed by atoms with E-state index in [1.807, 2.05) is 37.3 Å². The standard InChI is InChI=1S/C16H16ClNO3/c1-2-20-15-9-13(10-18-19)8-14(17)16(15)21-11-12-6-4-3-5-7-12/h3-10,19H,2,11H2,1H3/b18-10+. The molecule has 0 aliphatic carbocycles. The summed E-state index contributed by atoms with van der Waals surface area (Å²) in [5, 5.41) is 12.0. The van der Waals surface area contributed by atoms with Gasteiger partial charge in [-0.3, -0.25) is 0 Å². The molecular weight excluding hydrogens is 290 g/mol. The Hall–Kier alpha value is -2.20. The summed E-state index contributed by atoms with van der Waals surface area (Å²) >= 11 is 6.22. The fraction of sp³-hybridized carbons (Fsp3) is 0.188. The first-order valence-corrected chi connectivity index (χ1v) is 6.93. The number of oxime groups is 1. The zero-order valence-electron chi connectivity index (χ0n) is 11.6. The third-order valence-electron chi connectivity index (χ3n) is 2.76. The highest BCUT2D eigenvalue weighted by Crippen LogP contribution is 2.36. The topological polar surface area (TPSA) is 51.0 Å². The average molecular weight is 306 g/mol. The van der Waals surface area contributed by atoms with Gasteiger partial charge in [0, 0.05) is 5.56 Å². The number of nitrogens with zero attached hydrogens (tertiary/aromatic N) is 1. The van der Waals surface area contributed by atoms with E-state index in [0.29, 0.717) is 35.3 Å². The van der Waals surface area contributed by atoms with Crippen LogP contribution in [0.3, 0.4) is 0 Å². The van der Waals surface area contributed by atoms with Crippen LogP contribution in [-0.4, -0.2) is 18.0 Å². The van der Waals surface area contributed by atoms with Crippen molar-refractivity contribution in [3.8, 4) is 11.5 Å². The fourth-order valence-electron chi connectivity index (χ4n) is 1.86. The highest BCUT2D eigenvalue weighted by Gasteiger charge is 2.12. The van der Waals surface area contributed by atoms with Gasteiger partial charge in [0.15, 0.2) is 11.5 Å². The molecule has 0 atom stereocenters. The van der Waals surface area contributed by atoms with E-state index in [9.17, 15) is 0 Å². The minimum atomic E-state index is 0.397. The third-order valence-corrected chi connectivity index (χ3v) is 3.05. The smallest absolute Gasteiger partial charge is 0.180 e. The van der Waals surface area contributed by atoms with Gasteiger partial charge in [-0.15, -0.1) is 0 Å². The summed E-state index contributed by atoms with van der Waals surface area (Å²) in [5.41, 5.74) is 1.68. The second-order valence-electron chi connectivity index (χ2n) is 4.28. The zero-order chi connectivity index (χ0) is 15.1. The minimum Gasteiger partial charge on any atom is -0.490 e. The summed E-state index contributed by atoms with van der Waals surface area (Å²) < 4.78 is 11.3. The third kappa shape index (κ3) is 4.13. The van der Waals surface area contributed by atoms with Crippen molar-refractivity contribution >= 4 is 17.8 Å². The van der Waals surface area contributed by atoms with Gasteiger partial charge in [0.1, 0.15) is 6.61 Å². The molecule has 0 heterocycles. The van der Waals surface area contributed by atoms with Crippen molar-refractivity contribution in [3.05, 3.63) is 58.6 Å². The van der Waals surface area contributed by atoms with Gasteiger partial charge in [-0.1, -0.05) is 47.1 Å². The number of rotatable bonds is 6. The molecule has 1 N–H and O–H groups in total. The van der Waals surface area contributed by atoms with Crippen molar-refractivity contribution in [2.24, 2.45) is 5.16 Å². The van der Waals surface area contributed by atoms with Gasteiger partial charge in [0.25, 0.3) is 0 Å². The van der Waals surface area contributed by atoms with Crippen LogP contribution in [0.2, 0.25) is 5.02 Å². The van der Waals surface area contributed by atoms with E-state index in [0.717, 1.165) is 5.56 Å². The molecular formula is C16H16ClNO3. The van der Waals surface area contributed by atoms with Crippen LogP contribution >= 0.6 is 11.6 Å². The Morgan fingerprint density at radius 2 is 1.95 bits per heavy atom. The zero-order valence-corrected chi connectivity index (χ0v) is 12.4. The lowest BCUT2D eigenvalue weighted by Gasteiger charge is -2.14. The lowest BCUT2D eigenvalue weighted by molar-refractivity contribution is 0.269. The maximum absolute atomic E-state index is 8.61. The van der Waals surface area contributed by atoms with Gasteiger partial charge in [-0.05, 0) is 24.6 Å². The van der Waals surface area contributed by atoms with Crippen LogP contribution in [-0.2, 0) is 6.61 Å². The fourth-order valence-corrected chi connectivity index (χ4v) is 2.14. The summed E-state index contributed by atoms with van der Waals surface area (Å²) in [6.07, 6.45) is 1.29. The van der Waals surface area contributed by atoms with Gasteiger partial charge in [0.2, 0.25) is 0 Å². The molecule has 2 aromatic rings. The van der Waals surface area contributed by atoms with Gasteiger partial charge < -0.3 is 14.7 Å². The Labute approximate surface area is 128 Å². The highest BCUT2D eigenvalue weighted by atomic mass is 35.5. The summed E-state index contributed by atoms with van der Waals surface area (Å²) in [7, 11) is 0. The first kappa shape index (κ1) is 15.2. The van der Waals surface area contributed by atoms with Crippen LogP contribution < -0.4 is 9.47 Å². The predicted octanol–water partition coefficient (Wildman–Crippen LogP) is 4.13. The molecule has 0 radical (unpaired) electrons. The molecule has 0 aliphatic rings. The molecule has 0 bridgehead atoms. The van der Waals surface area contributed by atoms with Crippen molar-refractivity contribution in [1.82, 2.24) is 0 Å². The molecule has 21 heavy (non-hydrogen) atoms. The van der Waals surface area contributed by atoms with Crippen LogP contribution in [0.4, 0.5) is 0 Å². The molecule has 110 valence electrons. The second-order valence-corrected chi connectivity index (χ2v) is 4.69. The maximum Gasteiger partial charge on any atom is 0.180 e. The molecule has 0 unspecified atom stereocenters. The summed E-state index contributed by atoms with van der Waals surface area (Å²) in [6, 6.07) is 13.2. The van der Waals surface area contributed by atoms with Crippen LogP contribution in [0.25, 0.3) is 0 Å². The Balaban J connectivity index is 2.24. The summed E-state index contributed by atoms with van der Waals surface area (Å²) in [4.78, 5) is 0. The normalized spacial score (nSPS) is 10.8. The number of hydrogen-bond donors (Lipinski definition) is 1. The van der Waals surface area contributed by atoms with Gasteiger partial charge in [-0.25, -0.2) is 0 Å². The lowest BCUT2D eigenvalue weighted by atomic mass is 10.2. The molecule has 0 spiro atoms. The van der Waals surface area contributed by atoms with Crippen molar-refractivity contribution in [1.29, 1.82) is 0 Å². The molecule has 0 aliphatic heterocycles. The number of hydrogen-bond acceptors (Lipinski definition) is 4. The molecule has 0 fully saturated rings. The molecule has 5 heteroatoms. The Kier molecular flexibility index (Phi) is 5.46. The lowest BCUT2D eigenvalue weighted by Crippen LogP contribution is -2.01. The molecule has 0 amide bonds. The Morgan fingerprint density at radius 3 is 2.62 bits per heavy atom. The first-order valence-electron chi connectivity index (χ1n) is 6.55. The van der Waals surface area contributed by atoms with Gasteiger partial charge >= 0.3 is 0 Å². The number of ether oxygens (including phenoxy) is 2. The molecule has 4 nitrogen and oxygen atoms in total. The van der Waals surface area contributed by atoms with Crippen molar-refractivity contribution in [2.45, 2.75) is 13.5 Å². The molecule has 2 rings (SSSR count). The highest BCUT2D eigenvalue weighted by molar-refractivity contribution is 6.32. The van der Waals surface area contributed by atoms with E-state index >= 15 is 0 Å². The predicted molar refractivity (Wildman–Crippen MR) is 82.8 cm³/mol. The molecule has 0 aromatic heterocycles. The largest absolute Gasteiger partial charge is 0.490 e. The van der Waals surface area contributed by atoms with E-state index in [-0.39, 0.29) is 0 Å². The maximum atomic E-state index is 8.61. The Bertz CT molecular complexity index is 614. The van der Waals surface area contributed by atoms with Crippen molar-refractivity contribution in [2.75, 3.05) is 6.61 Å². The van der Waals surface area contributed by atoms with E-state index < -0.39 is 0 Å². The monoisotopic (exact) mass is 305 g/mol. The van der Waals surface area contributed by atoms with Crippen LogP contribution in [0, 0.1) is 0 Å². The SMILES string of the molecule is CCOc1cc(/C=N/O)cc(Cl)c1OCc1ccccc1. The first-order chi connectivity index (χ1) is 10.2. The van der Waals surface area contributed by atoms with E-state index in [1.165, 1.54) is 6.21 Å². The van der Waals surface area contributed by atoms with Gasteiger partial charge in [-0.2, -0.15) is 0 Å². The van der Waals surface area contributed by atoms with Crippen LogP contribution in [0.15, 0.2) is 47.6 Å². The van der Waals surface area contributed by atoms with Gasteiger partial charge in [0.05, 0.1) is 17.8 Å². The quantitative estimate of drug-likeness (QED) is 0.496. The van der Waals surface area contributed by atoms with Crippen molar-refractivity contribution in [3.63, 3.8) is 0 Å². The summed E-state index contributed by atoms with van der Waals surface area (Å²) in [6.45, 7) is 2.76. The van der Waals surface area contributed by atoms with E-state index in [4.69, 9.17) is 26.3 Å². The second kappa shape index (κ2) is 7.55. The number of halogens is 1.